The number of para-hydroxylation sites is 1. The molecule has 1 aromatic heterocycles. The second-order valence-electron chi connectivity index (χ2n) is 4.56. The van der Waals surface area contributed by atoms with Gasteiger partial charge in [-0.1, -0.05) is 42.0 Å². The highest BCUT2D eigenvalue weighted by atomic mass is 19.1. The lowest BCUT2D eigenvalue weighted by Crippen LogP contribution is -1.84. The summed E-state index contributed by atoms with van der Waals surface area (Å²) in [5.74, 6) is -0.348. The first kappa shape index (κ1) is 11.7. The van der Waals surface area contributed by atoms with Crippen LogP contribution in [0.1, 0.15) is 15.9 Å². The summed E-state index contributed by atoms with van der Waals surface area (Å²) in [6, 6.07) is 12.5. The van der Waals surface area contributed by atoms with Gasteiger partial charge >= 0.3 is 0 Å². The van der Waals surface area contributed by atoms with Crippen molar-refractivity contribution < 1.29 is 9.18 Å². The summed E-state index contributed by atoms with van der Waals surface area (Å²) in [5.41, 5.74) is 3.55. The minimum absolute atomic E-state index is 0.348. The van der Waals surface area contributed by atoms with Crippen LogP contribution in [0.4, 0.5) is 4.39 Å². The molecular weight excluding hydrogens is 241 g/mol. The number of nitrogens with one attached hydrogen (secondary N) is 1. The van der Waals surface area contributed by atoms with Crippen LogP contribution in [0.2, 0.25) is 0 Å². The van der Waals surface area contributed by atoms with Gasteiger partial charge in [0.2, 0.25) is 0 Å². The van der Waals surface area contributed by atoms with E-state index in [0.717, 1.165) is 17.4 Å². The summed E-state index contributed by atoms with van der Waals surface area (Å²) in [5, 5.41) is 0.616. The van der Waals surface area contributed by atoms with Crippen LogP contribution in [-0.2, 0) is 0 Å². The van der Waals surface area contributed by atoms with Crippen LogP contribution in [0, 0.1) is 12.7 Å². The smallest absolute Gasteiger partial charge is 0.152 e. The number of halogens is 1. The Morgan fingerprint density at radius 2 is 1.84 bits per heavy atom. The monoisotopic (exact) mass is 253 g/mol. The first-order chi connectivity index (χ1) is 9.20. The third-order valence-corrected chi connectivity index (χ3v) is 3.28. The van der Waals surface area contributed by atoms with Crippen LogP contribution < -0.4 is 0 Å². The third kappa shape index (κ3) is 1.83. The van der Waals surface area contributed by atoms with Crippen molar-refractivity contribution in [1.29, 1.82) is 0 Å². The number of aldehydes is 1. The van der Waals surface area contributed by atoms with Gasteiger partial charge in [-0.2, -0.15) is 0 Å². The molecule has 0 unspecified atom stereocenters. The van der Waals surface area contributed by atoms with Gasteiger partial charge in [-0.15, -0.1) is 0 Å². The lowest BCUT2D eigenvalue weighted by Gasteiger charge is -2.00. The number of H-pyrrole nitrogens is 1. The van der Waals surface area contributed by atoms with E-state index in [9.17, 15) is 9.18 Å². The maximum atomic E-state index is 13.7. The number of carbonyl (C=O) groups is 1. The van der Waals surface area contributed by atoms with Crippen LogP contribution in [0.5, 0.6) is 0 Å². The molecular formula is C16H12FNO. The molecule has 2 aromatic carbocycles. The van der Waals surface area contributed by atoms with Gasteiger partial charge < -0.3 is 4.98 Å². The van der Waals surface area contributed by atoms with Crippen molar-refractivity contribution in [1.82, 2.24) is 4.98 Å². The van der Waals surface area contributed by atoms with Crippen molar-refractivity contribution in [3.8, 4) is 11.3 Å². The number of aryl methyl sites for hydroxylation is 1. The molecule has 3 heteroatoms. The molecule has 94 valence electrons. The Hall–Kier alpha value is -2.42. The number of benzene rings is 2. The Labute approximate surface area is 109 Å². The molecule has 0 aliphatic heterocycles. The molecule has 0 fully saturated rings. The van der Waals surface area contributed by atoms with E-state index in [-0.39, 0.29) is 5.82 Å². The SMILES string of the molecule is Cc1ccc(-c2[nH]c3c(F)cccc3c2C=O)cc1. The summed E-state index contributed by atoms with van der Waals surface area (Å²) in [6.45, 7) is 2.00. The summed E-state index contributed by atoms with van der Waals surface area (Å²) in [6.07, 6.45) is 0.771. The average molecular weight is 253 g/mol. The molecule has 3 rings (SSSR count). The molecule has 1 heterocycles. The van der Waals surface area contributed by atoms with Gasteiger partial charge in [0.1, 0.15) is 5.82 Å². The third-order valence-electron chi connectivity index (χ3n) is 3.28. The number of fused-ring (bicyclic) bond motifs is 1. The predicted octanol–water partition coefficient (Wildman–Crippen LogP) is 4.09. The Balaban J connectivity index is 2.32. The fraction of sp³-hybridized carbons (Fsp3) is 0.0625. The Morgan fingerprint density at radius 3 is 2.53 bits per heavy atom. The quantitative estimate of drug-likeness (QED) is 0.685. The summed E-state index contributed by atoms with van der Waals surface area (Å²) in [7, 11) is 0. The molecule has 0 spiro atoms. The summed E-state index contributed by atoms with van der Waals surface area (Å²) in [4.78, 5) is 14.3. The average Bonchev–Trinajstić information content (AvgIpc) is 2.79. The highest BCUT2D eigenvalue weighted by Crippen LogP contribution is 2.30. The van der Waals surface area contributed by atoms with E-state index >= 15 is 0 Å². The first-order valence-electron chi connectivity index (χ1n) is 6.03. The van der Waals surface area contributed by atoms with Gasteiger partial charge in [-0.25, -0.2) is 4.39 Å². The number of aromatic nitrogens is 1. The van der Waals surface area contributed by atoms with Gasteiger partial charge in [0.15, 0.2) is 6.29 Å². The maximum Gasteiger partial charge on any atom is 0.152 e. The summed E-state index contributed by atoms with van der Waals surface area (Å²) < 4.78 is 13.7. The fourth-order valence-corrected chi connectivity index (χ4v) is 2.27. The van der Waals surface area contributed by atoms with Gasteiger partial charge in [0.25, 0.3) is 0 Å². The van der Waals surface area contributed by atoms with E-state index in [4.69, 9.17) is 0 Å². The second-order valence-corrected chi connectivity index (χ2v) is 4.56. The number of hydrogen-bond acceptors (Lipinski definition) is 1. The second kappa shape index (κ2) is 4.35. The maximum absolute atomic E-state index is 13.7. The van der Waals surface area contributed by atoms with Crippen LogP contribution in [0.3, 0.4) is 0 Å². The molecule has 3 aromatic rings. The van der Waals surface area contributed by atoms with Gasteiger partial charge in [-0.05, 0) is 18.6 Å². The van der Waals surface area contributed by atoms with E-state index in [2.05, 4.69) is 4.98 Å². The zero-order chi connectivity index (χ0) is 13.4. The molecule has 19 heavy (non-hydrogen) atoms. The molecule has 0 radical (unpaired) electrons. The van der Waals surface area contributed by atoms with E-state index in [1.165, 1.54) is 6.07 Å². The van der Waals surface area contributed by atoms with E-state index in [0.29, 0.717) is 22.2 Å². The van der Waals surface area contributed by atoms with Crippen LogP contribution in [0.25, 0.3) is 22.2 Å². The van der Waals surface area contributed by atoms with Crippen molar-refractivity contribution in [3.05, 3.63) is 59.4 Å². The van der Waals surface area contributed by atoms with Crippen LogP contribution >= 0.6 is 0 Å². The predicted molar refractivity (Wildman–Crippen MR) is 73.8 cm³/mol. The Kier molecular flexibility index (Phi) is 2.67. The number of aromatic amines is 1. The molecule has 0 atom stereocenters. The minimum atomic E-state index is -0.348. The number of carbonyl (C=O) groups excluding carboxylic acids is 1. The molecule has 0 aliphatic carbocycles. The number of rotatable bonds is 2. The van der Waals surface area contributed by atoms with Crippen molar-refractivity contribution in [2.45, 2.75) is 6.92 Å². The molecule has 0 saturated heterocycles. The van der Waals surface area contributed by atoms with E-state index in [1.807, 2.05) is 31.2 Å². The highest BCUT2D eigenvalue weighted by Gasteiger charge is 2.14. The molecule has 1 N–H and O–H groups in total. The van der Waals surface area contributed by atoms with Crippen LogP contribution in [0.15, 0.2) is 42.5 Å². The molecule has 0 amide bonds. The largest absolute Gasteiger partial charge is 0.352 e. The first-order valence-corrected chi connectivity index (χ1v) is 6.03. The lowest BCUT2D eigenvalue weighted by atomic mass is 10.1. The van der Waals surface area contributed by atoms with Gasteiger partial charge in [-0.3, -0.25) is 4.79 Å². The molecule has 0 saturated carbocycles. The van der Waals surface area contributed by atoms with E-state index < -0.39 is 0 Å². The van der Waals surface area contributed by atoms with Gasteiger partial charge in [0, 0.05) is 10.9 Å². The van der Waals surface area contributed by atoms with Crippen molar-refractivity contribution in [2.75, 3.05) is 0 Å². The van der Waals surface area contributed by atoms with Crippen LogP contribution in [-0.4, -0.2) is 11.3 Å². The summed E-state index contributed by atoms with van der Waals surface area (Å²) >= 11 is 0. The Bertz CT molecular complexity index is 756. The van der Waals surface area contributed by atoms with Crippen molar-refractivity contribution in [2.24, 2.45) is 0 Å². The zero-order valence-corrected chi connectivity index (χ0v) is 10.4. The topological polar surface area (TPSA) is 32.9 Å². The van der Waals surface area contributed by atoms with E-state index in [1.54, 1.807) is 12.1 Å². The highest BCUT2D eigenvalue weighted by molar-refractivity contribution is 6.04. The molecule has 2 nitrogen and oxygen atoms in total. The zero-order valence-electron chi connectivity index (χ0n) is 10.4. The van der Waals surface area contributed by atoms with Crippen molar-refractivity contribution in [3.63, 3.8) is 0 Å². The normalized spacial score (nSPS) is 10.8. The fourth-order valence-electron chi connectivity index (χ4n) is 2.27. The minimum Gasteiger partial charge on any atom is -0.352 e. The van der Waals surface area contributed by atoms with Crippen molar-refractivity contribution >= 4 is 17.2 Å². The Morgan fingerprint density at radius 1 is 1.11 bits per heavy atom. The molecule has 0 bridgehead atoms. The number of hydrogen-bond donors (Lipinski definition) is 1. The molecule has 0 aliphatic rings. The lowest BCUT2D eigenvalue weighted by molar-refractivity contribution is 0.112. The van der Waals surface area contributed by atoms with Gasteiger partial charge in [0.05, 0.1) is 11.2 Å². The standard InChI is InChI=1S/C16H12FNO/c1-10-5-7-11(8-6-10)15-13(9-19)12-3-2-4-14(17)16(12)18-15/h2-9,18H,1H3.